The maximum atomic E-state index is 12.9. The normalized spacial score (nSPS) is 20.6. The number of likely N-dealkylation sites (tertiary alicyclic amines) is 1. The van der Waals surface area contributed by atoms with Gasteiger partial charge in [0.05, 0.1) is 0 Å². The number of piperidine rings is 1. The first-order valence-electron chi connectivity index (χ1n) is 11.1. The highest BCUT2D eigenvalue weighted by Crippen LogP contribution is 2.21. The molecule has 156 valence electrons. The Morgan fingerprint density at radius 3 is 2.62 bits per heavy atom. The predicted molar refractivity (Wildman–Crippen MR) is 114 cm³/mol. The molecule has 1 fully saturated rings. The van der Waals surface area contributed by atoms with Crippen LogP contribution in [0, 0.1) is 11.8 Å². The van der Waals surface area contributed by atoms with Crippen molar-refractivity contribution in [2.75, 3.05) is 19.6 Å². The average molecular weight is 396 g/mol. The highest BCUT2D eigenvalue weighted by atomic mass is 16.2. The molecule has 3 heterocycles. The Bertz CT molecular complexity index is 808. The molecular formula is C23H33N5O. The van der Waals surface area contributed by atoms with Crippen molar-refractivity contribution >= 4 is 5.91 Å². The van der Waals surface area contributed by atoms with Crippen LogP contribution in [0.3, 0.4) is 0 Å². The van der Waals surface area contributed by atoms with Crippen LogP contribution in [-0.4, -0.2) is 51.2 Å². The number of aromatic nitrogens is 3. The van der Waals surface area contributed by atoms with Crippen molar-refractivity contribution in [3.05, 3.63) is 47.5 Å². The fourth-order valence-electron chi connectivity index (χ4n) is 4.62. The number of amides is 1. The van der Waals surface area contributed by atoms with E-state index in [9.17, 15) is 4.79 Å². The van der Waals surface area contributed by atoms with Crippen LogP contribution in [-0.2, 0) is 24.2 Å². The number of benzene rings is 1. The summed E-state index contributed by atoms with van der Waals surface area (Å²) in [5.41, 5.74) is 1.24. The van der Waals surface area contributed by atoms with Gasteiger partial charge in [-0.2, -0.15) is 0 Å². The van der Waals surface area contributed by atoms with E-state index in [1.165, 1.54) is 5.56 Å². The summed E-state index contributed by atoms with van der Waals surface area (Å²) in [6.07, 6.45) is 4.55. The van der Waals surface area contributed by atoms with Crippen LogP contribution in [0.25, 0.3) is 0 Å². The van der Waals surface area contributed by atoms with E-state index < -0.39 is 0 Å². The third kappa shape index (κ3) is 5.04. The maximum absolute atomic E-state index is 12.9. The number of fused-ring (bicyclic) bond motifs is 1. The van der Waals surface area contributed by atoms with Gasteiger partial charge in [0.1, 0.15) is 11.6 Å². The summed E-state index contributed by atoms with van der Waals surface area (Å²) >= 11 is 0. The van der Waals surface area contributed by atoms with E-state index in [-0.39, 0.29) is 17.9 Å². The molecule has 6 heteroatoms. The van der Waals surface area contributed by atoms with Crippen molar-refractivity contribution in [2.45, 2.75) is 58.5 Å². The zero-order chi connectivity index (χ0) is 20.2. The van der Waals surface area contributed by atoms with Crippen molar-refractivity contribution in [1.82, 2.24) is 25.0 Å². The van der Waals surface area contributed by atoms with E-state index in [2.05, 4.69) is 63.1 Å². The molecule has 1 aromatic carbocycles. The molecule has 6 nitrogen and oxygen atoms in total. The van der Waals surface area contributed by atoms with E-state index in [4.69, 9.17) is 0 Å². The summed E-state index contributed by atoms with van der Waals surface area (Å²) in [6, 6.07) is 10.6. The van der Waals surface area contributed by atoms with Gasteiger partial charge in [-0.1, -0.05) is 44.2 Å². The lowest BCUT2D eigenvalue weighted by Gasteiger charge is -2.33. The average Bonchev–Trinajstić information content (AvgIpc) is 3.11. The first-order chi connectivity index (χ1) is 14.1. The van der Waals surface area contributed by atoms with Crippen LogP contribution >= 0.6 is 0 Å². The van der Waals surface area contributed by atoms with Gasteiger partial charge in [-0.15, -0.1) is 10.2 Å². The van der Waals surface area contributed by atoms with Gasteiger partial charge in [0.2, 0.25) is 5.91 Å². The number of hydrogen-bond donors (Lipinski definition) is 1. The molecule has 29 heavy (non-hydrogen) atoms. The van der Waals surface area contributed by atoms with Gasteiger partial charge in [-0.25, -0.2) is 0 Å². The van der Waals surface area contributed by atoms with E-state index in [1.807, 2.05) is 6.07 Å². The largest absolute Gasteiger partial charge is 0.351 e. The van der Waals surface area contributed by atoms with Gasteiger partial charge in [0.25, 0.3) is 0 Å². The molecule has 0 bridgehead atoms. The third-order valence-electron chi connectivity index (χ3n) is 6.16. The molecule has 1 atom stereocenters. The van der Waals surface area contributed by atoms with E-state index >= 15 is 0 Å². The highest BCUT2D eigenvalue weighted by Gasteiger charge is 2.29. The quantitative estimate of drug-likeness (QED) is 0.817. The van der Waals surface area contributed by atoms with Crippen LogP contribution in [0.5, 0.6) is 0 Å². The molecule has 0 saturated carbocycles. The lowest BCUT2D eigenvalue weighted by molar-refractivity contribution is -0.127. The number of carbonyl (C=O) groups excluding carboxylic acids is 1. The summed E-state index contributed by atoms with van der Waals surface area (Å²) in [7, 11) is 0. The number of rotatable bonds is 6. The van der Waals surface area contributed by atoms with Crippen molar-refractivity contribution in [2.24, 2.45) is 11.8 Å². The Morgan fingerprint density at radius 1 is 1.14 bits per heavy atom. The van der Waals surface area contributed by atoms with Gasteiger partial charge in [0, 0.05) is 37.9 Å². The smallest absolute Gasteiger partial charge is 0.223 e. The molecular weight excluding hydrogens is 362 g/mol. The van der Waals surface area contributed by atoms with Gasteiger partial charge in [0.15, 0.2) is 0 Å². The zero-order valence-corrected chi connectivity index (χ0v) is 17.7. The van der Waals surface area contributed by atoms with E-state index in [0.717, 1.165) is 69.9 Å². The minimum atomic E-state index is 0.157. The van der Waals surface area contributed by atoms with Crippen LogP contribution in [0.15, 0.2) is 30.3 Å². The molecule has 1 aromatic heterocycles. The Hall–Kier alpha value is -2.21. The molecule has 0 aliphatic carbocycles. The highest BCUT2D eigenvalue weighted by molar-refractivity contribution is 5.79. The molecule has 2 aromatic rings. The minimum absolute atomic E-state index is 0.157. The van der Waals surface area contributed by atoms with Gasteiger partial charge in [-0.3, -0.25) is 4.79 Å². The Labute approximate surface area is 173 Å². The zero-order valence-electron chi connectivity index (χ0n) is 17.7. The summed E-state index contributed by atoms with van der Waals surface area (Å²) in [5.74, 6) is 3.12. The second-order valence-corrected chi connectivity index (χ2v) is 9.02. The molecule has 4 rings (SSSR count). The molecule has 1 amide bonds. The summed E-state index contributed by atoms with van der Waals surface area (Å²) < 4.78 is 2.21. The third-order valence-corrected chi connectivity index (χ3v) is 6.16. The monoisotopic (exact) mass is 395 g/mol. The van der Waals surface area contributed by atoms with Gasteiger partial charge in [-0.05, 0) is 43.8 Å². The summed E-state index contributed by atoms with van der Waals surface area (Å²) in [5, 5.41) is 12.1. The van der Waals surface area contributed by atoms with Crippen LogP contribution in [0.1, 0.15) is 50.3 Å². The lowest BCUT2D eigenvalue weighted by atomic mass is 9.94. The van der Waals surface area contributed by atoms with Gasteiger partial charge < -0.3 is 14.8 Å². The molecule has 2 aliphatic heterocycles. The second kappa shape index (κ2) is 9.08. The summed E-state index contributed by atoms with van der Waals surface area (Å²) in [6.45, 7) is 8.51. The SMILES string of the molecule is CC(C)CN1CCC(C(=O)N[C@H]2CCc3nnc(Cc4ccccc4)n3C2)CC1. The van der Waals surface area contributed by atoms with Crippen molar-refractivity contribution in [3.63, 3.8) is 0 Å². The van der Waals surface area contributed by atoms with E-state index in [0.29, 0.717) is 5.92 Å². The Morgan fingerprint density at radius 2 is 1.90 bits per heavy atom. The van der Waals surface area contributed by atoms with Crippen molar-refractivity contribution in [1.29, 1.82) is 0 Å². The fraction of sp³-hybridized carbons (Fsp3) is 0.609. The first kappa shape index (κ1) is 20.1. The topological polar surface area (TPSA) is 63.1 Å². The summed E-state index contributed by atoms with van der Waals surface area (Å²) in [4.78, 5) is 15.3. The molecule has 1 N–H and O–H groups in total. The van der Waals surface area contributed by atoms with Crippen molar-refractivity contribution < 1.29 is 4.79 Å². The molecule has 0 radical (unpaired) electrons. The fourth-order valence-corrected chi connectivity index (χ4v) is 4.62. The standard InChI is InChI=1S/C23H33N5O/c1-17(2)15-27-12-10-19(11-13-27)23(29)24-20-8-9-21-25-26-22(28(21)16-20)14-18-6-4-3-5-7-18/h3-7,17,19-20H,8-16H2,1-2H3,(H,24,29)/t20-/m0/s1. The minimum Gasteiger partial charge on any atom is -0.351 e. The first-order valence-corrected chi connectivity index (χ1v) is 11.1. The Kier molecular flexibility index (Phi) is 6.28. The molecule has 0 spiro atoms. The maximum Gasteiger partial charge on any atom is 0.223 e. The predicted octanol–water partition coefficient (Wildman–Crippen LogP) is 2.67. The van der Waals surface area contributed by atoms with Crippen molar-refractivity contribution in [3.8, 4) is 0 Å². The number of nitrogens with zero attached hydrogens (tertiary/aromatic N) is 4. The van der Waals surface area contributed by atoms with E-state index in [1.54, 1.807) is 0 Å². The van der Waals surface area contributed by atoms with Crippen LogP contribution in [0.4, 0.5) is 0 Å². The number of aryl methyl sites for hydroxylation is 1. The second-order valence-electron chi connectivity index (χ2n) is 9.02. The molecule has 1 saturated heterocycles. The van der Waals surface area contributed by atoms with Gasteiger partial charge >= 0.3 is 0 Å². The van der Waals surface area contributed by atoms with Crippen LogP contribution in [0.2, 0.25) is 0 Å². The number of nitrogens with one attached hydrogen (secondary N) is 1. The Balaban J connectivity index is 1.32. The molecule has 2 aliphatic rings. The molecule has 0 unspecified atom stereocenters. The number of carbonyl (C=O) groups is 1. The lowest BCUT2D eigenvalue weighted by Crippen LogP contribution is -2.47. The number of hydrogen-bond acceptors (Lipinski definition) is 4. The van der Waals surface area contributed by atoms with Crippen LogP contribution < -0.4 is 5.32 Å².